The molecule has 2 heterocycles. The largest absolute Gasteiger partial charge is 0.305 e. The molecule has 0 aliphatic carbocycles. The van der Waals surface area contributed by atoms with Gasteiger partial charge < -0.3 is 5.32 Å². The maximum Gasteiger partial charge on any atom is 0.277 e. The molecule has 19 heavy (non-hydrogen) atoms. The van der Waals surface area contributed by atoms with Crippen LogP contribution in [0.4, 0.5) is 5.82 Å². The highest BCUT2D eigenvalue weighted by molar-refractivity contribution is 6.33. The van der Waals surface area contributed by atoms with E-state index in [0.29, 0.717) is 11.6 Å². The van der Waals surface area contributed by atoms with Gasteiger partial charge in [0.2, 0.25) is 0 Å². The maximum absolute atomic E-state index is 12.1. The molecule has 2 rings (SSSR count). The van der Waals surface area contributed by atoms with E-state index in [-0.39, 0.29) is 22.5 Å². The topological polar surface area (TPSA) is 72.7 Å². The fourth-order valence-electron chi connectivity index (χ4n) is 1.49. The highest BCUT2D eigenvalue weighted by atomic mass is 35.5. The van der Waals surface area contributed by atoms with Gasteiger partial charge in [-0.3, -0.25) is 9.48 Å². The molecule has 0 atom stereocenters. The van der Waals surface area contributed by atoms with Gasteiger partial charge in [0.1, 0.15) is 11.6 Å². The van der Waals surface area contributed by atoms with E-state index in [4.69, 9.17) is 11.6 Å². The molecule has 0 aliphatic heterocycles. The second-order valence-electron chi connectivity index (χ2n) is 4.37. The molecule has 2 aromatic rings. The minimum atomic E-state index is -0.377. The standard InChI is InChI=1S/C12H14ClN5O/c1-7(2)11-14-6-8(13)10(17-11)12(19)16-9-4-5-15-18(9)3/h4-7H,1-3H3,(H,16,19). The molecule has 6 nitrogen and oxygen atoms in total. The van der Waals surface area contributed by atoms with Gasteiger partial charge in [-0.15, -0.1) is 0 Å². The number of hydrogen-bond donors (Lipinski definition) is 1. The van der Waals surface area contributed by atoms with Gasteiger partial charge in [-0.2, -0.15) is 5.10 Å². The van der Waals surface area contributed by atoms with Gasteiger partial charge >= 0.3 is 0 Å². The molecular weight excluding hydrogens is 266 g/mol. The predicted octanol–water partition coefficient (Wildman–Crippen LogP) is 2.24. The Bertz CT molecular complexity index is 608. The van der Waals surface area contributed by atoms with Crippen LogP contribution in [0.2, 0.25) is 5.02 Å². The number of aryl methyl sites for hydroxylation is 1. The fourth-order valence-corrected chi connectivity index (χ4v) is 1.67. The summed E-state index contributed by atoms with van der Waals surface area (Å²) >= 11 is 5.97. The first-order valence-corrected chi connectivity index (χ1v) is 6.18. The van der Waals surface area contributed by atoms with Crippen molar-refractivity contribution in [2.75, 3.05) is 5.32 Å². The number of anilines is 1. The summed E-state index contributed by atoms with van der Waals surface area (Å²) < 4.78 is 1.55. The van der Waals surface area contributed by atoms with Crippen LogP contribution in [0.5, 0.6) is 0 Å². The second kappa shape index (κ2) is 5.36. The minimum absolute atomic E-state index is 0.125. The molecule has 7 heteroatoms. The molecule has 0 saturated carbocycles. The Morgan fingerprint density at radius 3 is 2.79 bits per heavy atom. The number of amides is 1. The van der Waals surface area contributed by atoms with Crippen LogP contribution in [0.1, 0.15) is 36.1 Å². The molecule has 100 valence electrons. The lowest BCUT2D eigenvalue weighted by molar-refractivity contribution is 0.102. The van der Waals surface area contributed by atoms with Crippen molar-refractivity contribution in [2.45, 2.75) is 19.8 Å². The first-order chi connectivity index (χ1) is 8.99. The number of rotatable bonds is 3. The number of carbonyl (C=O) groups excluding carboxylic acids is 1. The number of carbonyl (C=O) groups is 1. The van der Waals surface area contributed by atoms with E-state index in [2.05, 4.69) is 20.4 Å². The highest BCUT2D eigenvalue weighted by Crippen LogP contribution is 2.17. The molecule has 0 radical (unpaired) electrons. The summed E-state index contributed by atoms with van der Waals surface area (Å²) in [7, 11) is 1.73. The molecule has 0 unspecified atom stereocenters. The van der Waals surface area contributed by atoms with Gasteiger partial charge in [0, 0.05) is 19.0 Å². The summed E-state index contributed by atoms with van der Waals surface area (Å²) in [6.45, 7) is 3.90. The first-order valence-electron chi connectivity index (χ1n) is 5.81. The number of nitrogens with one attached hydrogen (secondary N) is 1. The van der Waals surface area contributed by atoms with Crippen molar-refractivity contribution in [1.29, 1.82) is 0 Å². The number of hydrogen-bond acceptors (Lipinski definition) is 4. The van der Waals surface area contributed by atoms with E-state index < -0.39 is 0 Å². The van der Waals surface area contributed by atoms with Crippen molar-refractivity contribution < 1.29 is 4.79 Å². The molecule has 0 bridgehead atoms. The van der Waals surface area contributed by atoms with Gasteiger partial charge in [0.05, 0.1) is 17.4 Å². The third kappa shape index (κ3) is 2.90. The Morgan fingerprint density at radius 1 is 1.47 bits per heavy atom. The molecule has 1 amide bonds. The molecule has 0 spiro atoms. The van der Waals surface area contributed by atoms with Crippen molar-refractivity contribution >= 4 is 23.3 Å². The van der Waals surface area contributed by atoms with Crippen molar-refractivity contribution in [1.82, 2.24) is 19.7 Å². The first kappa shape index (κ1) is 13.5. The summed E-state index contributed by atoms with van der Waals surface area (Å²) in [4.78, 5) is 20.4. The zero-order valence-corrected chi connectivity index (χ0v) is 11.6. The monoisotopic (exact) mass is 279 g/mol. The Kier molecular flexibility index (Phi) is 3.80. The van der Waals surface area contributed by atoms with Crippen molar-refractivity contribution in [3.63, 3.8) is 0 Å². The Morgan fingerprint density at radius 2 is 2.21 bits per heavy atom. The lowest BCUT2D eigenvalue weighted by Gasteiger charge is -2.08. The highest BCUT2D eigenvalue weighted by Gasteiger charge is 2.16. The molecule has 2 aromatic heterocycles. The molecule has 0 aliphatic rings. The summed E-state index contributed by atoms with van der Waals surface area (Å²) in [5.41, 5.74) is 0.168. The smallest absolute Gasteiger partial charge is 0.277 e. The van der Waals surface area contributed by atoms with E-state index in [0.717, 1.165) is 0 Å². The van der Waals surface area contributed by atoms with Crippen LogP contribution >= 0.6 is 11.6 Å². The average Bonchev–Trinajstić information content (AvgIpc) is 2.75. The number of halogens is 1. The van der Waals surface area contributed by atoms with E-state index in [9.17, 15) is 4.79 Å². The Hall–Kier alpha value is -1.95. The van der Waals surface area contributed by atoms with Crippen molar-refractivity contribution in [3.05, 3.63) is 35.0 Å². The summed E-state index contributed by atoms with van der Waals surface area (Å²) in [6.07, 6.45) is 3.04. The summed E-state index contributed by atoms with van der Waals surface area (Å²) in [5.74, 6) is 0.906. The van der Waals surface area contributed by atoms with Crippen LogP contribution in [0, 0.1) is 0 Å². The third-order valence-corrected chi connectivity index (χ3v) is 2.83. The molecular formula is C12H14ClN5O. The van der Waals surface area contributed by atoms with Gasteiger partial charge in [-0.1, -0.05) is 25.4 Å². The normalized spacial score (nSPS) is 10.8. The summed E-state index contributed by atoms with van der Waals surface area (Å²) in [6, 6.07) is 1.69. The van der Waals surface area contributed by atoms with E-state index in [1.165, 1.54) is 6.20 Å². The van der Waals surface area contributed by atoms with Crippen LogP contribution in [0.15, 0.2) is 18.5 Å². The lowest BCUT2D eigenvalue weighted by atomic mass is 10.2. The number of aromatic nitrogens is 4. The van der Waals surface area contributed by atoms with Crippen molar-refractivity contribution in [2.24, 2.45) is 7.05 Å². The molecule has 1 N–H and O–H groups in total. The van der Waals surface area contributed by atoms with Gasteiger partial charge in [0.15, 0.2) is 5.69 Å². The van der Waals surface area contributed by atoms with E-state index >= 15 is 0 Å². The van der Waals surface area contributed by atoms with Gasteiger partial charge in [-0.25, -0.2) is 9.97 Å². The average molecular weight is 280 g/mol. The van der Waals surface area contributed by atoms with Gasteiger partial charge in [-0.05, 0) is 0 Å². The van der Waals surface area contributed by atoms with Crippen LogP contribution in [0.3, 0.4) is 0 Å². The quantitative estimate of drug-likeness (QED) is 0.935. The molecule has 0 saturated heterocycles. The Labute approximate surface area is 115 Å². The minimum Gasteiger partial charge on any atom is -0.305 e. The number of nitrogens with zero attached hydrogens (tertiary/aromatic N) is 4. The zero-order chi connectivity index (χ0) is 14.0. The van der Waals surface area contributed by atoms with Crippen molar-refractivity contribution in [3.8, 4) is 0 Å². The second-order valence-corrected chi connectivity index (χ2v) is 4.78. The maximum atomic E-state index is 12.1. The van der Waals surface area contributed by atoms with Crippen LogP contribution in [-0.4, -0.2) is 25.7 Å². The predicted molar refractivity (Wildman–Crippen MR) is 72.3 cm³/mol. The van der Waals surface area contributed by atoms with Gasteiger partial charge in [0.25, 0.3) is 5.91 Å². The third-order valence-electron chi connectivity index (χ3n) is 2.56. The van der Waals surface area contributed by atoms with Crippen LogP contribution in [-0.2, 0) is 7.05 Å². The fraction of sp³-hybridized carbons (Fsp3) is 0.333. The molecule has 0 fully saturated rings. The van der Waals surface area contributed by atoms with E-state index in [1.54, 1.807) is 24.0 Å². The molecule has 0 aromatic carbocycles. The van der Waals surface area contributed by atoms with Crippen LogP contribution in [0.25, 0.3) is 0 Å². The SMILES string of the molecule is CC(C)c1ncc(Cl)c(C(=O)Nc2ccnn2C)n1. The zero-order valence-electron chi connectivity index (χ0n) is 10.9. The Balaban J connectivity index is 2.28. The van der Waals surface area contributed by atoms with E-state index in [1.807, 2.05) is 13.8 Å². The van der Waals surface area contributed by atoms with Crippen LogP contribution < -0.4 is 5.32 Å². The summed E-state index contributed by atoms with van der Waals surface area (Å²) in [5, 5.41) is 6.89. The lowest BCUT2D eigenvalue weighted by Crippen LogP contribution is -2.18.